The highest BCUT2D eigenvalue weighted by Gasteiger charge is 2.23. The Labute approximate surface area is 104 Å². The molecule has 1 aliphatic rings. The van der Waals surface area contributed by atoms with Crippen LogP contribution in [-0.4, -0.2) is 18.9 Å². The molecular weight excluding hydrogens is 210 g/mol. The number of hydrogen-bond acceptors (Lipinski definition) is 2. The summed E-state index contributed by atoms with van der Waals surface area (Å²) in [5.74, 6) is 0.830. The van der Waals surface area contributed by atoms with E-state index in [0.29, 0.717) is 6.04 Å². The smallest absolute Gasteiger partial charge is 0.150 e. The Kier molecular flexibility index (Phi) is 3.51. The van der Waals surface area contributed by atoms with Crippen molar-refractivity contribution in [1.82, 2.24) is 0 Å². The maximum absolute atomic E-state index is 10.8. The summed E-state index contributed by atoms with van der Waals surface area (Å²) in [7, 11) is 0. The first-order valence-corrected chi connectivity index (χ1v) is 6.44. The highest BCUT2D eigenvalue weighted by Crippen LogP contribution is 2.28. The van der Waals surface area contributed by atoms with Crippen LogP contribution in [0.5, 0.6) is 0 Å². The van der Waals surface area contributed by atoms with Gasteiger partial charge in [0.25, 0.3) is 0 Å². The van der Waals surface area contributed by atoms with Gasteiger partial charge in [-0.1, -0.05) is 6.92 Å². The molecule has 2 unspecified atom stereocenters. The topological polar surface area (TPSA) is 20.3 Å². The van der Waals surface area contributed by atoms with E-state index in [-0.39, 0.29) is 0 Å². The zero-order valence-electron chi connectivity index (χ0n) is 10.9. The van der Waals surface area contributed by atoms with Crippen LogP contribution < -0.4 is 4.90 Å². The predicted octanol–water partition coefficient (Wildman–Crippen LogP) is 3.43. The van der Waals surface area contributed by atoms with Crippen molar-refractivity contribution in [3.8, 4) is 0 Å². The molecule has 1 fully saturated rings. The minimum atomic E-state index is 0.597. The molecule has 0 aromatic heterocycles. The minimum Gasteiger partial charge on any atom is -0.369 e. The number of rotatable bonds is 2. The first-order chi connectivity index (χ1) is 8.11. The molecule has 17 heavy (non-hydrogen) atoms. The quantitative estimate of drug-likeness (QED) is 0.727. The van der Waals surface area contributed by atoms with Gasteiger partial charge in [0.1, 0.15) is 6.29 Å². The van der Waals surface area contributed by atoms with Gasteiger partial charge in [0, 0.05) is 23.8 Å². The molecule has 1 heterocycles. The fourth-order valence-electron chi connectivity index (χ4n) is 2.76. The molecule has 2 heteroatoms. The number of aryl methyl sites for hydroxylation is 1. The number of carbonyl (C=O) groups excluding carboxylic acids is 1. The fourth-order valence-corrected chi connectivity index (χ4v) is 2.76. The van der Waals surface area contributed by atoms with Gasteiger partial charge >= 0.3 is 0 Å². The number of hydrogen-bond donors (Lipinski definition) is 0. The normalized spacial score (nSPS) is 24.8. The first kappa shape index (κ1) is 12.2. The fraction of sp³-hybridized carbons (Fsp3) is 0.533. The van der Waals surface area contributed by atoms with Crippen LogP contribution in [0.15, 0.2) is 18.2 Å². The predicted molar refractivity (Wildman–Crippen MR) is 71.8 cm³/mol. The Hall–Kier alpha value is -1.31. The molecule has 2 rings (SSSR count). The van der Waals surface area contributed by atoms with Gasteiger partial charge < -0.3 is 4.90 Å². The van der Waals surface area contributed by atoms with Crippen LogP contribution in [0.25, 0.3) is 0 Å². The van der Waals surface area contributed by atoms with E-state index in [9.17, 15) is 4.79 Å². The minimum absolute atomic E-state index is 0.597. The zero-order valence-corrected chi connectivity index (χ0v) is 10.9. The number of benzene rings is 1. The lowest BCUT2D eigenvalue weighted by Gasteiger charge is -2.38. The Balaban J connectivity index is 2.22. The molecule has 1 aromatic carbocycles. The molecule has 0 N–H and O–H groups in total. The van der Waals surface area contributed by atoms with Gasteiger partial charge in [-0.25, -0.2) is 0 Å². The average molecular weight is 231 g/mol. The lowest BCUT2D eigenvalue weighted by molar-refractivity contribution is 0.112. The summed E-state index contributed by atoms with van der Waals surface area (Å²) in [5, 5.41) is 0. The van der Waals surface area contributed by atoms with Crippen LogP contribution in [0, 0.1) is 12.8 Å². The Morgan fingerprint density at radius 1 is 1.35 bits per heavy atom. The zero-order chi connectivity index (χ0) is 12.4. The molecule has 1 saturated heterocycles. The van der Waals surface area contributed by atoms with Crippen LogP contribution in [0.1, 0.15) is 42.6 Å². The van der Waals surface area contributed by atoms with Crippen molar-refractivity contribution >= 4 is 12.0 Å². The molecule has 2 nitrogen and oxygen atoms in total. The molecule has 0 bridgehead atoms. The van der Waals surface area contributed by atoms with E-state index < -0.39 is 0 Å². The van der Waals surface area contributed by atoms with Crippen molar-refractivity contribution < 1.29 is 4.79 Å². The van der Waals surface area contributed by atoms with Crippen LogP contribution in [0.3, 0.4) is 0 Å². The number of piperidine rings is 1. The second kappa shape index (κ2) is 4.91. The molecule has 2 atom stereocenters. The van der Waals surface area contributed by atoms with Gasteiger partial charge in [0.2, 0.25) is 0 Å². The number of nitrogens with zero attached hydrogens (tertiary/aromatic N) is 1. The van der Waals surface area contributed by atoms with Crippen LogP contribution in [0.4, 0.5) is 5.69 Å². The summed E-state index contributed by atoms with van der Waals surface area (Å²) in [5.41, 5.74) is 3.13. The van der Waals surface area contributed by atoms with Gasteiger partial charge in [0.15, 0.2) is 0 Å². The third kappa shape index (κ3) is 2.51. The highest BCUT2D eigenvalue weighted by atomic mass is 16.1. The van der Waals surface area contributed by atoms with Crippen molar-refractivity contribution in [1.29, 1.82) is 0 Å². The summed E-state index contributed by atoms with van der Waals surface area (Å²) in [6.07, 6.45) is 3.45. The van der Waals surface area contributed by atoms with E-state index in [4.69, 9.17) is 0 Å². The average Bonchev–Trinajstić information content (AvgIpc) is 2.29. The van der Waals surface area contributed by atoms with Gasteiger partial charge in [-0.3, -0.25) is 4.79 Å². The summed E-state index contributed by atoms with van der Waals surface area (Å²) in [6, 6.07) is 6.74. The van der Waals surface area contributed by atoms with E-state index in [0.717, 1.165) is 29.9 Å². The lowest BCUT2D eigenvalue weighted by atomic mass is 9.92. The first-order valence-electron chi connectivity index (χ1n) is 6.44. The third-order valence-electron chi connectivity index (χ3n) is 3.85. The number of aldehydes is 1. The SMILES string of the molecule is Cc1cc(N2CCC(C)CC2C)ccc1C=O. The summed E-state index contributed by atoms with van der Waals surface area (Å²) < 4.78 is 0. The molecule has 0 spiro atoms. The van der Waals surface area contributed by atoms with Crippen molar-refractivity contribution in [3.63, 3.8) is 0 Å². The molecule has 0 aliphatic carbocycles. The van der Waals surface area contributed by atoms with E-state index in [1.807, 2.05) is 13.0 Å². The molecule has 1 aromatic rings. The van der Waals surface area contributed by atoms with E-state index in [1.165, 1.54) is 18.5 Å². The largest absolute Gasteiger partial charge is 0.369 e. The van der Waals surface area contributed by atoms with Crippen LogP contribution in [0.2, 0.25) is 0 Å². The van der Waals surface area contributed by atoms with Crippen molar-refractivity contribution in [3.05, 3.63) is 29.3 Å². The van der Waals surface area contributed by atoms with Crippen LogP contribution >= 0.6 is 0 Å². The highest BCUT2D eigenvalue weighted by molar-refractivity contribution is 5.78. The summed E-state index contributed by atoms with van der Waals surface area (Å²) >= 11 is 0. The van der Waals surface area contributed by atoms with Gasteiger partial charge in [-0.15, -0.1) is 0 Å². The standard InChI is InChI=1S/C15H21NO/c1-11-6-7-16(13(3)8-11)15-5-4-14(10-17)12(2)9-15/h4-5,9-11,13H,6-8H2,1-3H3. The van der Waals surface area contributed by atoms with Gasteiger partial charge in [0.05, 0.1) is 0 Å². The maximum atomic E-state index is 10.8. The van der Waals surface area contributed by atoms with E-state index in [1.54, 1.807) is 0 Å². The van der Waals surface area contributed by atoms with Gasteiger partial charge in [-0.05, 0) is 56.4 Å². The monoisotopic (exact) mass is 231 g/mol. The summed E-state index contributed by atoms with van der Waals surface area (Å²) in [6.45, 7) is 7.75. The van der Waals surface area contributed by atoms with Crippen molar-refractivity contribution in [2.75, 3.05) is 11.4 Å². The number of carbonyl (C=O) groups is 1. The Morgan fingerprint density at radius 3 is 2.71 bits per heavy atom. The Morgan fingerprint density at radius 2 is 2.12 bits per heavy atom. The second-order valence-corrected chi connectivity index (χ2v) is 5.33. The second-order valence-electron chi connectivity index (χ2n) is 5.33. The van der Waals surface area contributed by atoms with Gasteiger partial charge in [-0.2, -0.15) is 0 Å². The Bertz CT molecular complexity index is 413. The third-order valence-corrected chi connectivity index (χ3v) is 3.85. The number of anilines is 1. The lowest BCUT2D eigenvalue weighted by Crippen LogP contribution is -2.40. The molecule has 0 amide bonds. The van der Waals surface area contributed by atoms with Crippen molar-refractivity contribution in [2.24, 2.45) is 5.92 Å². The van der Waals surface area contributed by atoms with E-state index >= 15 is 0 Å². The molecular formula is C15H21NO. The molecule has 0 radical (unpaired) electrons. The van der Waals surface area contributed by atoms with E-state index in [2.05, 4.69) is 30.9 Å². The molecule has 0 saturated carbocycles. The summed E-state index contributed by atoms with van der Waals surface area (Å²) in [4.78, 5) is 13.3. The van der Waals surface area contributed by atoms with Crippen LogP contribution in [-0.2, 0) is 0 Å². The molecule has 92 valence electrons. The van der Waals surface area contributed by atoms with Crippen molar-refractivity contribution in [2.45, 2.75) is 39.7 Å². The maximum Gasteiger partial charge on any atom is 0.150 e. The molecule has 1 aliphatic heterocycles.